The van der Waals surface area contributed by atoms with Gasteiger partial charge in [0.25, 0.3) is 0 Å². The van der Waals surface area contributed by atoms with Gasteiger partial charge in [0.1, 0.15) is 16.3 Å². The van der Waals surface area contributed by atoms with Gasteiger partial charge >= 0.3 is 5.97 Å². The van der Waals surface area contributed by atoms with Gasteiger partial charge in [0.05, 0.1) is 14.2 Å². The molecule has 9 heteroatoms. The van der Waals surface area contributed by atoms with Crippen LogP contribution in [0, 0.1) is 0 Å². The van der Waals surface area contributed by atoms with Crippen LogP contribution in [0.5, 0.6) is 5.75 Å². The minimum atomic E-state index is -3.66. The Morgan fingerprint density at radius 2 is 1.85 bits per heavy atom. The molecular weight excluding hydrogens is 358 g/mol. The third kappa shape index (κ3) is 3.54. The second-order valence-electron chi connectivity index (χ2n) is 5.83. The van der Waals surface area contributed by atoms with Crippen molar-refractivity contribution in [1.82, 2.24) is 9.29 Å². The van der Waals surface area contributed by atoms with Crippen molar-refractivity contribution in [2.24, 2.45) is 0 Å². The Hall–Kier alpha value is -2.52. The molecule has 0 radical (unpaired) electrons. The number of esters is 1. The topological polar surface area (TPSA) is 91.9 Å². The maximum Gasteiger partial charge on any atom is 0.354 e. The zero-order valence-electron chi connectivity index (χ0n) is 14.6. The van der Waals surface area contributed by atoms with Crippen molar-refractivity contribution < 1.29 is 22.7 Å². The SMILES string of the molecule is COC(=O)c1cc(S(=O)(=O)N2CCN(c3cccc(OC)c3)CC2)c[nH]1. The molecule has 0 saturated carbocycles. The summed E-state index contributed by atoms with van der Waals surface area (Å²) < 4.78 is 36.8. The Kier molecular flexibility index (Phi) is 5.19. The third-order valence-corrected chi connectivity index (χ3v) is 6.23. The Bertz CT molecular complexity index is 885. The molecule has 0 aliphatic carbocycles. The molecule has 2 aromatic rings. The molecule has 1 aromatic carbocycles. The lowest BCUT2D eigenvalue weighted by Gasteiger charge is -2.35. The lowest BCUT2D eigenvalue weighted by Crippen LogP contribution is -2.48. The predicted octanol–water partition coefficient (Wildman–Crippen LogP) is 1.32. The summed E-state index contributed by atoms with van der Waals surface area (Å²) in [5.41, 5.74) is 1.11. The number of hydrogen-bond acceptors (Lipinski definition) is 6. The van der Waals surface area contributed by atoms with Gasteiger partial charge in [0, 0.05) is 44.1 Å². The van der Waals surface area contributed by atoms with Crippen molar-refractivity contribution in [3.8, 4) is 5.75 Å². The zero-order valence-corrected chi connectivity index (χ0v) is 15.5. The molecule has 1 aromatic heterocycles. The Morgan fingerprint density at radius 3 is 2.50 bits per heavy atom. The molecule has 1 saturated heterocycles. The van der Waals surface area contributed by atoms with Crippen LogP contribution < -0.4 is 9.64 Å². The minimum absolute atomic E-state index is 0.0627. The number of rotatable bonds is 5. The number of nitrogens with one attached hydrogen (secondary N) is 1. The molecule has 26 heavy (non-hydrogen) atoms. The van der Waals surface area contributed by atoms with Crippen molar-refractivity contribution in [2.75, 3.05) is 45.3 Å². The highest BCUT2D eigenvalue weighted by Gasteiger charge is 2.30. The molecule has 0 atom stereocenters. The van der Waals surface area contributed by atoms with E-state index in [0.29, 0.717) is 26.2 Å². The first kappa shape index (κ1) is 18.3. The first-order valence-electron chi connectivity index (χ1n) is 8.11. The van der Waals surface area contributed by atoms with Gasteiger partial charge in [-0.25, -0.2) is 13.2 Å². The number of nitrogens with zero attached hydrogens (tertiary/aromatic N) is 2. The summed E-state index contributed by atoms with van der Waals surface area (Å²) in [6.07, 6.45) is 1.32. The average Bonchev–Trinajstić information content (AvgIpc) is 3.18. The lowest BCUT2D eigenvalue weighted by molar-refractivity contribution is 0.0594. The van der Waals surface area contributed by atoms with E-state index in [1.807, 2.05) is 24.3 Å². The number of hydrogen-bond donors (Lipinski definition) is 1. The van der Waals surface area contributed by atoms with Crippen molar-refractivity contribution in [1.29, 1.82) is 0 Å². The number of ether oxygens (including phenoxy) is 2. The standard InChI is InChI=1S/C17H21N3O5S/c1-24-14-5-3-4-13(10-14)19-6-8-20(9-7-19)26(22,23)15-11-16(18-12-15)17(21)25-2/h3-5,10-12,18H,6-9H2,1-2H3. The molecule has 1 aliphatic heterocycles. The number of carbonyl (C=O) groups is 1. The van der Waals surface area contributed by atoms with Crippen LogP contribution in [-0.4, -0.2) is 64.1 Å². The first-order chi connectivity index (χ1) is 12.5. The van der Waals surface area contributed by atoms with Crippen LogP contribution in [0.1, 0.15) is 10.5 Å². The highest BCUT2D eigenvalue weighted by molar-refractivity contribution is 7.89. The first-order valence-corrected chi connectivity index (χ1v) is 9.55. The lowest BCUT2D eigenvalue weighted by atomic mass is 10.2. The van der Waals surface area contributed by atoms with Crippen molar-refractivity contribution in [3.63, 3.8) is 0 Å². The molecule has 0 amide bonds. The molecule has 1 fully saturated rings. The Morgan fingerprint density at radius 1 is 1.12 bits per heavy atom. The molecule has 140 valence electrons. The number of aromatic amines is 1. The number of benzene rings is 1. The molecule has 0 spiro atoms. The van der Waals surface area contributed by atoms with E-state index in [4.69, 9.17) is 4.74 Å². The van der Waals surface area contributed by atoms with Crippen LogP contribution in [0.3, 0.4) is 0 Å². The number of piperazine rings is 1. The number of sulfonamides is 1. The van der Waals surface area contributed by atoms with Crippen LogP contribution in [0.4, 0.5) is 5.69 Å². The second-order valence-corrected chi connectivity index (χ2v) is 7.77. The van der Waals surface area contributed by atoms with E-state index in [0.717, 1.165) is 11.4 Å². The van der Waals surface area contributed by atoms with Crippen LogP contribution in [0.15, 0.2) is 41.4 Å². The average molecular weight is 379 g/mol. The second kappa shape index (κ2) is 7.38. The van der Waals surface area contributed by atoms with Gasteiger partial charge in [-0.05, 0) is 18.2 Å². The summed E-state index contributed by atoms with van der Waals surface area (Å²) >= 11 is 0. The normalized spacial score (nSPS) is 15.7. The highest BCUT2D eigenvalue weighted by Crippen LogP contribution is 2.24. The summed E-state index contributed by atoms with van der Waals surface area (Å²) in [5.74, 6) is 0.162. The molecule has 3 rings (SSSR count). The predicted molar refractivity (Wildman–Crippen MR) is 96.1 cm³/mol. The summed E-state index contributed by atoms with van der Waals surface area (Å²) in [6.45, 7) is 1.86. The van der Waals surface area contributed by atoms with Gasteiger partial charge < -0.3 is 19.4 Å². The Labute approximate surface area is 152 Å². The van der Waals surface area contributed by atoms with Crippen LogP contribution >= 0.6 is 0 Å². The molecule has 1 N–H and O–H groups in total. The smallest absolute Gasteiger partial charge is 0.354 e. The number of methoxy groups -OCH3 is 2. The minimum Gasteiger partial charge on any atom is -0.497 e. The van der Waals surface area contributed by atoms with Gasteiger partial charge in [-0.3, -0.25) is 0 Å². The maximum absolute atomic E-state index is 12.8. The molecule has 2 heterocycles. The molecular formula is C17H21N3O5S. The number of anilines is 1. The van der Waals surface area contributed by atoms with E-state index in [1.165, 1.54) is 23.7 Å². The van der Waals surface area contributed by atoms with Gasteiger partial charge in [-0.2, -0.15) is 4.31 Å². The maximum atomic E-state index is 12.8. The van der Waals surface area contributed by atoms with Crippen molar-refractivity contribution >= 4 is 21.7 Å². The quantitative estimate of drug-likeness (QED) is 0.788. The zero-order chi connectivity index (χ0) is 18.7. The van der Waals surface area contributed by atoms with Gasteiger partial charge in [0.15, 0.2) is 0 Å². The fourth-order valence-electron chi connectivity index (χ4n) is 2.89. The van der Waals surface area contributed by atoms with Gasteiger partial charge in [-0.1, -0.05) is 6.07 Å². The van der Waals surface area contributed by atoms with E-state index in [9.17, 15) is 13.2 Å². The van der Waals surface area contributed by atoms with E-state index < -0.39 is 16.0 Å². The monoisotopic (exact) mass is 379 g/mol. The van der Waals surface area contributed by atoms with E-state index >= 15 is 0 Å². The Balaban J connectivity index is 1.70. The molecule has 8 nitrogen and oxygen atoms in total. The fourth-order valence-corrected chi connectivity index (χ4v) is 4.31. The highest BCUT2D eigenvalue weighted by atomic mass is 32.2. The van der Waals surface area contributed by atoms with Gasteiger partial charge in [-0.15, -0.1) is 0 Å². The summed E-state index contributed by atoms with van der Waals surface area (Å²) in [5, 5.41) is 0. The number of aromatic nitrogens is 1. The number of H-pyrrole nitrogens is 1. The summed E-state index contributed by atoms with van der Waals surface area (Å²) in [6, 6.07) is 8.98. The molecule has 1 aliphatic rings. The largest absolute Gasteiger partial charge is 0.497 e. The molecule has 0 bridgehead atoms. The van der Waals surface area contributed by atoms with Crippen molar-refractivity contribution in [2.45, 2.75) is 4.90 Å². The number of carbonyl (C=O) groups excluding carboxylic acids is 1. The third-order valence-electron chi connectivity index (χ3n) is 4.36. The summed E-state index contributed by atoms with van der Waals surface area (Å²) in [7, 11) is -0.799. The van der Waals surface area contributed by atoms with Crippen LogP contribution in [0.25, 0.3) is 0 Å². The van der Waals surface area contributed by atoms with E-state index in [-0.39, 0.29) is 10.6 Å². The molecule has 0 unspecified atom stereocenters. The fraction of sp³-hybridized carbons (Fsp3) is 0.353. The van der Waals surface area contributed by atoms with E-state index in [2.05, 4.69) is 14.6 Å². The van der Waals surface area contributed by atoms with Crippen LogP contribution in [-0.2, 0) is 14.8 Å². The van der Waals surface area contributed by atoms with Crippen LogP contribution in [0.2, 0.25) is 0 Å². The van der Waals surface area contributed by atoms with Crippen molar-refractivity contribution in [3.05, 3.63) is 42.2 Å². The van der Waals surface area contributed by atoms with Gasteiger partial charge in [0.2, 0.25) is 10.0 Å². The van der Waals surface area contributed by atoms with E-state index in [1.54, 1.807) is 7.11 Å². The summed E-state index contributed by atoms with van der Waals surface area (Å²) in [4.78, 5) is 16.3.